The zero-order valence-electron chi connectivity index (χ0n) is 20.2. The highest BCUT2D eigenvalue weighted by Crippen LogP contribution is 2.15. The van der Waals surface area contributed by atoms with Gasteiger partial charge < -0.3 is 0 Å². The van der Waals surface area contributed by atoms with Gasteiger partial charge in [-0.3, -0.25) is 31.4 Å². The minimum atomic E-state index is -5.17. The quantitative estimate of drug-likeness (QED) is 0.157. The minimum absolute atomic E-state index is 0. The van der Waals surface area contributed by atoms with Crippen molar-refractivity contribution in [3.63, 3.8) is 0 Å². The van der Waals surface area contributed by atoms with E-state index in [0.29, 0.717) is 14.4 Å². The number of alkyl halides is 13. The Hall–Kier alpha value is -1.38. The normalized spacial score (nSPS) is 8.70. The van der Waals surface area contributed by atoms with E-state index in [4.69, 9.17) is 25.9 Å². The van der Waals surface area contributed by atoms with E-state index in [1.54, 1.807) is 0 Å². The summed E-state index contributed by atoms with van der Waals surface area (Å²) in [6.45, 7) is -5.07. The van der Waals surface area contributed by atoms with E-state index in [9.17, 15) is 69.4 Å². The maximum atomic E-state index is 11.3. The van der Waals surface area contributed by atoms with Crippen molar-refractivity contribution in [2.24, 2.45) is 0 Å². The molecule has 0 rings (SSSR count). The van der Waals surface area contributed by atoms with Crippen LogP contribution in [-0.2, 0) is 30.7 Å². The van der Waals surface area contributed by atoms with Crippen LogP contribution in [0, 0.1) is 0 Å². The highest BCUT2D eigenvalue weighted by Gasteiger charge is 2.31. The van der Waals surface area contributed by atoms with Gasteiger partial charge in [0.15, 0.2) is 20.2 Å². The van der Waals surface area contributed by atoms with E-state index >= 15 is 0 Å². The Labute approximate surface area is 243 Å². The molecule has 0 saturated carbocycles. The Morgan fingerprint density at radius 2 is 0.744 bits per heavy atom. The lowest BCUT2D eigenvalue weighted by Gasteiger charge is -2.07. The predicted molar refractivity (Wildman–Crippen MR) is 133 cm³/mol. The van der Waals surface area contributed by atoms with E-state index in [1.807, 2.05) is 4.94 Å². The first-order valence-corrected chi connectivity index (χ1v) is 10.9. The average Bonchev–Trinajstić information content (AvgIpc) is 2.81. The molecule has 0 fully saturated rings. The topological polar surface area (TPSA) is 127 Å². The summed E-state index contributed by atoms with van der Waals surface area (Å²) < 4.78 is 219. The Kier molecular flexibility index (Phi) is 124. The van der Waals surface area contributed by atoms with Crippen molar-refractivity contribution in [2.75, 3.05) is 61.3 Å². The summed E-state index contributed by atoms with van der Waals surface area (Å²) in [6.07, 6.45) is -8.20. The molecule has 284 valence electrons. The molecule has 43 heavy (non-hydrogen) atoms. The van der Waals surface area contributed by atoms with Gasteiger partial charge in [0, 0.05) is 0 Å². The van der Waals surface area contributed by atoms with Gasteiger partial charge in [-0.2, -0.15) is 34.4 Å². The molecule has 0 heterocycles. The molecule has 0 aliphatic carbocycles. The Balaban J connectivity index is -0.0000000219. The smallest absolute Gasteiger partial charge is 0.286 e. The number of hydrogen-bond acceptors (Lipinski definition) is 6. The fourth-order valence-electron chi connectivity index (χ4n) is 0.139. The second-order valence-corrected chi connectivity index (χ2v) is 5.26. The standard InChI is InChI=1S/C3H4F4O.C2H2F4O.C2H4F2.2C2H5F.2CH3F.4CH4.2FHO3S/c4-1-3(6,7)8-2-5;3-1-2(4,5)7-6;3-1-2-4;2*1-2-3;2*1-2;;;;;2*1-5(2,3)4/h1-2H2;1H2;1-2H2;2*2H2,1H3;2*1H3;4*1H4;2*(H,2,3,4). The molecule has 0 spiro atoms. The van der Waals surface area contributed by atoms with Crippen LogP contribution in [0.3, 0.4) is 0 Å². The monoisotopic (exact) mass is 744 g/mol. The van der Waals surface area contributed by atoms with Gasteiger partial charge in [0.25, 0.3) is 0 Å². The summed E-state index contributed by atoms with van der Waals surface area (Å²) in [5, 5.41) is 0. The predicted octanol–water partition coefficient (Wildman–Crippen LogP) is 9.05. The van der Waals surface area contributed by atoms with Crippen LogP contribution in [0.4, 0.5) is 69.4 Å². The van der Waals surface area contributed by atoms with E-state index in [1.165, 1.54) is 13.8 Å². The van der Waals surface area contributed by atoms with Gasteiger partial charge in [-0.05, 0) is 18.4 Å². The van der Waals surface area contributed by atoms with Crippen LogP contribution in [0.1, 0.15) is 43.6 Å². The van der Waals surface area contributed by atoms with Crippen LogP contribution in [0.25, 0.3) is 0 Å². The highest BCUT2D eigenvalue weighted by molar-refractivity contribution is 7.80. The van der Waals surface area contributed by atoms with E-state index in [-0.39, 0.29) is 43.1 Å². The number of rotatable bonds is 6. The van der Waals surface area contributed by atoms with Crippen LogP contribution < -0.4 is 0 Å². The maximum Gasteiger partial charge on any atom is 0.435 e. The van der Waals surface area contributed by atoms with Gasteiger partial charge in [0.05, 0.1) is 27.7 Å². The van der Waals surface area contributed by atoms with Crippen LogP contribution in [-0.4, -0.2) is 99.4 Å². The molecule has 0 aromatic rings. The van der Waals surface area contributed by atoms with Crippen LogP contribution in [0.5, 0.6) is 0 Å². The van der Waals surface area contributed by atoms with Crippen LogP contribution in [0.15, 0.2) is 0 Å². The van der Waals surface area contributed by atoms with Crippen molar-refractivity contribution in [2.45, 2.75) is 55.8 Å². The largest absolute Gasteiger partial charge is 0.435 e. The summed E-state index contributed by atoms with van der Waals surface area (Å²) in [4.78, 5) is 1.88. The molecular formula is C17H44F16O8S2. The molecule has 0 aliphatic heterocycles. The van der Waals surface area contributed by atoms with Gasteiger partial charge in [-0.1, -0.05) is 37.5 Å². The van der Waals surface area contributed by atoms with Gasteiger partial charge in [-0.25, -0.2) is 22.0 Å². The third kappa shape index (κ3) is 380. The Morgan fingerprint density at radius 3 is 0.767 bits per heavy atom. The first kappa shape index (κ1) is 83.8. The maximum absolute atomic E-state index is 11.3. The number of hydrogen-bond donors (Lipinski definition) is 2. The first-order chi connectivity index (χ1) is 17.5. The molecule has 0 amide bonds. The summed E-state index contributed by atoms with van der Waals surface area (Å²) in [5.41, 5.74) is 0. The van der Waals surface area contributed by atoms with E-state index in [2.05, 4.69) is 4.74 Å². The summed E-state index contributed by atoms with van der Waals surface area (Å²) in [5.74, 6) is 0. The van der Waals surface area contributed by atoms with Crippen molar-refractivity contribution < 1.29 is 105 Å². The van der Waals surface area contributed by atoms with Gasteiger partial charge in [0.2, 0.25) is 0 Å². The lowest BCUT2D eigenvalue weighted by atomic mass is 10.7. The SMILES string of the molecule is C.C.C.C.CCF.CCF.CF.CF.FCC(F)(F)OF.FCCF.FCOC(F)(F)CF.O=S(=O)(O)F.O=S(=O)(O)F. The fraction of sp³-hybridized carbons (Fsp3) is 1.00. The lowest BCUT2D eigenvalue weighted by molar-refractivity contribution is -0.357. The second kappa shape index (κ2) is 63.8. The molecule has 0 bridgehead atoms. The van der Waals surface area contributed by atoms with Crippen molar-refractivity contribution in [1.82, 2.24) is 0 Å². The van der Waals surface area contributed by atoms with Gasteiger partial charge in [-0.15, -0.1) is 4.94 Å². The molecule has 0 atom stereocenters. The van der Waals surface area contributed by atoms with Crippen LogP contribution >= 0.6 is 0 Å². The molecule has 2 N–H and O–H groups in total. The zero-order chi connectivity index (χ0) is 34.4. The molecule has 0 radical (unpaired) electrons. The van der Waals surface area contributed by atoms with Gasteiger partial charge >= 0.3 is 33.2 Å². The molecular weight excluding hydrogens is 700 g/mol. The Morgan fingerprint density at radius 1 is 0.581 bits per heavy atom. The Bertz CT molecular complexity index is 536. The average molecular weight is 745 g/mol. The van der Waals surface area contributed by atoms with Crippen molar-refractivity contribution in [3.05, 3.63) is 0 Å². The van der Waals surface area contributed by atoms with E-state index in [0.717, 1.165) is 0 Å². The zero-order valence-corrected chi connectivity index (χ0v) is 21.8. The molecule has 26 heteroatoms. The van der Waals surface area contributed by atoms with Crippen molar-refractivity contribution in [3.8, 4) is 0 Å². The second-order valence-electron chi connectivity index (χ2n) is 3.61. The molecule has 0 saturated heterocycles. The van der Waals surface area contributed by atoms with Crippen LogP contribution in [0.2, 0.25) is 0 Å². The third-order valence-electron chi connectivity index (χ3n) is 0.761. The van der Waals surface area contributed by atoms with E-state index < -0.39 is 66.8 Å². The molecule has 0 aromatic carbocycles. The summed E-state index contributed by atoms with van der Waals surface area (Å²) in [7, 11) is -9.33. The van der Waals surface area contributed by atoms with Crippen molar-refractivity contribution in [1.29, 1.82) is 0 Å². The van der Waals surface area contributed by atoms with Gasteiger partial charge in [0.1, 0.15) is 13.3 Å². The third-order valence-corrected chi connectivity index (χ3v) is 0.761. The number of halogens is 16. The number of ether oxygens (including phenoxy) is 1. The molecule has 8 nitrogen and oxygen atoms in total. The molecule has 0 aliphatic rings. The van der Waals surface area contributed by atoms with Crippen molar-refractivity contribution >= 4 is 21.0 Å². The minimum Gasteiger partial charge on any atom is -0.286 e. The fourth-order valence-corrected chi connectivity index (χ4v) is 0.139. The molecule has 0 unspecified atom stereocenters. The summed E-state index contributed by atoms with van der Waals surface area (Å²) >= 11 is 0. The summed E-state index contributed by atoms with van der Waals surface area (Å²) in [6, 6.07) is 0. The lowest BCUT2D eigenvalue weighted by Crippen LogP contribution is -2.22. The highest BCUT2D eigenvalue weighted by atomic mass is 32.3. The first-order valence-electron chi connectivity index (χ1n) is 8.20. The molecule has 0 aromatic heterocycles.